The molecule has 1 atom stereocenters. The van der Waals surface area contributed by atoms with Gasteiger partial charge in [0.25, 0.3) is 0 Å². The summed E-state index contributed by atoms with van der Waals surface area (Å²) in [6.07, 6.45) is 8.23. The Labute approximate surface area is 294 Å². The van der Waals surface area contributed by atoms with E-state index in [0.717, 1.165) is 72.3 Å². The van der Waals surface area contributed by atoms with Gasteiger partial charge in [-0.1, -0.05) is 115 Å². The van der Waals surface area contributed by atoms with E-state index in [1.165, 1.54) is 22.3 Å². The number of hydrogen-bond acceptors (Lipinski definition) is 3. The molecule has 0 amide bonds. The molecule has 11 rings (SSSR count). The van der Waals surface area contributed by atoms with Crippen molar-refractivity contribution < 1.29 is 4.74 Å². The van der Waals surface area contributed by atoms with E-state index in [0.29, 0.717) is 0 Å². The molecule has 9 aromatic rings. The minimum Gasteiger partial charge on any atom is -0.456 e. The van der Waals surface area contributed by atoms with Crippen molar-refractivity contribution in [3.05, 3.63) is 197 Å². The second-order valence-corrected chi connectivity index (χ2v) is 13.4. The fourth-order valence-electron chi connectivity index (χ4n) is 8.61. The first kappa shape index (κ1) is 28.1. The van der Waals surface area contributed by atoms with Gasteiger partial charge in [-0.3, -0.25) is 4.57 Å². The fourth-order valence-corrected chi connectivity index (χ4v) is 8.61. The standard InChI is InChI=1S/C47H29N3O/c1-3-12-35-30(10-1)22-24-40-45(35)51-43-16-6-5-15-39(43)47(40)38-14-4-2-11-31(38)18-19-32-20-21-34(29-41(32)47)33-23-25-42-37(28-33)36-13-9-27-49-46(36)50(42)44-17-7-8-26-48-44/h1-29H. The fraction of sp³-hybridized carbons (Fsp3) is 0.0213. The maximum atomic E-state index is 6.90. The molecule has 1 aliphatic heterocycles. The van der Waals surface area contributed by atoms with Gasteiger partial charge in [0, 0.05) is 39.7 Å². The molecular weight excluding hydrogens is 623 g/mol. The van der Waals surface area contributed by atoms with Gasteiger partial charge in [0.05, 0.1) is 10.9 Å². The van der Waals surface area contributed by atoms with Crippen LogP contribution >= 0.6 is 0 Å². The maximum Gasteiger partial charge on any atom is 0.146 e. The number of aromatic nitrogens is 3. The van der Waals surface area contributed by atoms with E-state index in [2.05, 4.69) is 149 Å². The van der Waals surface area contributed by atoms with Gasteiger partial charge in [-0.15, -0.1) is 0 Å². The summed E-state index contributed by atoms with van der Waals surface area (Å²) in [5.74, 6) is 2.65. The van der Waals surface area contributed by atoms with Gasteiger partial charge >= 0.3 is 0 Å². The van der Waals surface area contributed by atoms with Crippen molar-refractivity contribution in [3.8, 4) is 28.4 Å². The molecule has 4 heterocycles. The van der Waals surface area contributed by atoms with Crippen LogP contribution in [0.3, 0.4) is 0 Å². The van der Waals surface area contributed by atoms with Crippen LogP contribution in [0.15, 0.2) is 164 Å². The molecule has 3 aromatic heterocycles. The Morgan fingerprint density at radius 3 is 2.16 bits per heavy atom. The van der Waals surface area contributed by atoms with Gasteiger partial charge in [0.1, 0.15) is 23.0 Å². The van der Waals surface area contributed by atoms with Crippen molar-refractivity contribution in [3.63, 3.8) is 0 Å². The summed E-state index contributed by atoms with van der Waals surface area (Å²) in [4.78, 5) is 9.50. The maximum absolute atomic E-state index is 6.90. The van der Waals surface area contributed by atoms with Crippen LogP contribution in [0.1, 0.15) is 33.4 Å². The lowest BCUT2D eigenvalue weighted by molar-refractivity contribution is 0.439. The summed E-state index contributed by atoms with van der Waals surface area (Å²) >= 11 is 0. The van der Waals surface area contributed by atoms with E-state index in [1.807, 2.05) is 36.7 Å². The van der Waals surface area contributed by atoms with Crippen LogP contribution in [0, 0.1) is 0 Å². The Morgan fingerprint density at radius 1 is 0.490 bits per heavy atom. The third kappa shape index (κ3) is 3.90. The second kappa shape index (κ2) is 10.6. The molecule has 1 unspecified atom stereocenters. The highest BCUT2D eigenvalue weighted by Crippen LogP contribution is 2.59. The van der Waals surface area contributed by atoms with Gasteiger partial charge in [-0.25, -0.2) is 9.97 Å². The molecular formula is C47H29N3O. The summed E-state index contributed by atoms with van der Waals surface area (Å²) in [6.45, 7) is 0. The minimum atomic E-state index is -0.636. The SMILES string of the molecule is C1=Cc2ccc(-c3ccc4c(c3)c3cccnc3n4-c3ccccn3)cc2C2(c3ccccc31)c1ccccc1Oc1c2ccc2ccccc12. The molecule has 0 N–H and O–H groups in total. The summed E-state index contributed by atoms with van der Waals surface area (Å²) in [5, 5.41) is 4.51. The van der Waals surface area contributed by atoms with Gasteiger partial charge in [0.2, 0.25) is 0 Å². The van der Waals surface area contributed by atoms with Crippen molar-refractivity contribution in [1.29, 1.82) is 0 Å². The quantitative estimate of drug-likeness (QED) is 0.187. The lowest BCUT2D eigenvalue weighted by Gasteiger charge is -2.43. The number of pyridine rings is 2. The number of para-hydroxylation sites is 1. The van der Waals surface area contributed by atoms with E-state index in [9.17, 15) is 0 Å². The molecule has 238 valence electrons. The molecule has 0 bridgehead atoms. The van der Waals surface area contributed by atoms with E-state index < -0.39 is 5.41 Å². The Kier molecular flexibility index (Phi) is 5.84. The zero-order chi connectivity index (χ0) is 33.5. The molecule has 0 fully saturated rings. The molecule has 4 heteroatoms. The molecule has 1 spiro atoms. The van der Waals surface area contributed by atoms with Gasteiger partial charge in [-0.2, -0.15) is 0 Å². The summed E-state index contributed by atoms with van der Waals surface area (Å²) in [5.41, 5.74) is 10.8. The van der Waals surface area contributed by atoms with Gasteiger partial charge < -0.3 is 4.74 Å². The number of nitrogens with zero attached hydrogens (tertiary/aromatic N) is 3. The molecule has 1 aliphatic carbocycles. The average molecular weight is 652 g/mol. The van der Waals surface area contributed by atoms with Crippen molar-refractivity contribution in [2.45, 2.75) is 5.41 Å². The van der Waals surface area contributed by atoms with Crippen LogP contribution < -0.4 is 4.74 Å². The zero-order valence-electron chi connectivity index (χ0n) is 27.5. The van der Waals surface area contributed by atoms with E-state index in [-0.39, 0.29) is 0 Å². The second-order valence-electron chi connectivity index (χ2n) is 13.4. The smallest absolute Gasteiger partial charge is 0.146 e. The Hall–Kier alpha value is -6.78. The van der Waals surface area contributed by atoms with Crippen LogP contribution in [0.25, 0.3) is 61.8 Å². The Balaban J connectivity index is 1.21. The first-order valence-corrected chi connectivity index (χ1v) is 17.3. The van der Waals surface area contributed by atoms with E-state index in [4.69, 9.17) is 9.72 Å². The molecule has 0 saturated carbocycles. The Morgan fingerprint density at radius 2 is 1.24 bits per heavy atom. The number of hydrogen-bond donors (Lipinski definition) is 0. The van der Waals surface area contributed by atoms with E-state index in [1.54, 1.807) is 0 Å². The largest absolute Gasteiger partial charge is 0.456 e. The topological polar surface area (TPSA) is 39.9 Å². The highest BCUT2D eigenvalue weighted by atomic mass is 16.5. The van der Waals surface area contributed by atoms with Crippen molar-refractivity contribution in [2.24, 2.45) is 0 Å². The first-order chi connectivity index (χ1) is 25.3. The number of ether oxygens (including phenoxy) is 1. The molecule has 2 aliphatic rings. The van der Waals surface area contributed by atoms with Crippen molar-refractivity contribution >= 4 is 44.9 Å². The third-order valence-corrected chi connectivity index (χ3v) is 10.8. The Bertz CT molecular complexity index is 2900. The molecule has 6 aromatic carbocycles. The lowest BCUT2D eigenvalue weighted by Crippen LogP contribution is -2.35. The predicted molar refractivity (Wildman–Crippen MR) is 207 cm³/mol. The van der Waals surface area contributed by atoms with Crippen LogP contribution in [-0.2, 0) is 5.41 Å². The number of fused-ring (bicyclic) bond motifs is 13. The molecule has 0 radical (unpaired) electrons. The number of benzene rings is 6. The van der Waals surface area contributed by atoms with Crippen LogP contribution in [0.5, 0.6) is 11.5 Å². The van der Waals surface area contributed by atoms with Crippen LogP contribution in [0.4, 0.5) is 0 Å². The van der Waals surface area contributed by atoms with Crippen molar-refractivity contribution in [1.82, 2.24) is 14.5 Å². The minimum absolute atomic E-state index is 0.636. The number of rotatable bonds is 2. The highest BCUT2D eigenvalue weighted by Gasteiger charge is 2.48. The normalized spacial score (nSPS) is 15.6. The highest BCUT2D eigenvalue weighted by molar-refractivity contribution is 6.09. The van der Waals surface area contributed by atoms with Gasteiger partial charge in [0.15, 0.2) is 0 Å². The lowest BCUT2D eigenvalue weighted by atomic mass is 9.61. The molecule has 4 nitrogen and oxygen atoms in total. The summed E-state index contributed by atoms with van der Waals surface area (Å²) in [6, 6.07) is 54.4. The predicted octanol–water partition coefficient (Wildman–Crippen LogP) is 11.4. The third-order valence-electron chi connectivity index (χ3n) is 10.8. The zero-order valence-corrected chi connectivity index (χ0v) is 27.5. The van der Waals surface area contributed by atoms with Crippen molar-refractivity contribution in [2.75, 3.05) is 0 Å². The molecule has 51 heavy (non-hydrogen) atoms. The van der Waals surface area contributed by atoms with Crippen LogP contribution in [0.2, 0.25) is 0 Å². The van der Waals surface area contributed by atoms with Gasteiger partial charge in [-0.05, 0) is 87.3 Å². The van der Waals surface area contributed by atoms with E-state index >= 15 is 0 Å². The summed E-state index contributed by atoms with van der Waals surface area (Å²) in [7, 11) is 0. The molecule has 0 saturated heterocycles. The average Bonchev–Trinajstić information content (AvgIpc) is 3.45. The monoisotopic (exact) mass is 651 g/mol. The van der Waals surface area contributed by atoms with Crippen LogP contribution in [-0.4, -0.2) is 14.5 Å². The summed E-state index contributed by atoms with van der Waals surface area (Å²) < 4.78 is 9.05. The first-order valence-electron chi connectivity index (χ1n) is 17.3.